The van der Waals surface area contributed by atoms with Crippen molar-refractivity contribution in [3.05, 3.63) is 11.6 Å². The molecular weight excluding hydrogens is 180 g/mol. The maximum atomic E-state index is 2.63. The van der Waals surface area contributed by atoms with Crippen molar-refractivity contribution in [2.24, 2.45) is 23.7 Å². The first kappa shape index (κ1) is 11.2. The second-order valence-corrected chi connectivity index (χ2v) is 5.98. The van der Waals surface area contributed by atoms with Gasteiger partial charge in [0.25, 0.3) is 0 Å². The lowest BCUT2D eigenvalue weighted by atomic mass is 9.83. The molecule has 0 aromatic rings. The van der Waals surface area contributed by atoms with Crippen molar-refractivity contribution in [2.75, 3.05) is 0 Å². The van der Waals surface area contributed by atoms with Crippen LogP contribution in [0.4, 0.5) is 0 Å². The van der Waals surface area contributed by atoms with Crippen molar-refractivity contribution >= 4 is 0 Å². The van der Waals surface area contributed by atoms with Crippen LogP contribution in [-0.4, -0.2) is 0 Å². The molecule has 0 heteroatoms. The van der Waals surface area contributed by atoms with Crippen molar-refractivity contribution in [3.8, 4) is 0 Å². The van der Waals surface area contributed by atoms with E-state index in [4.69, 9.17) is 0 Å². The minimum atomic E-state index is 0.815. The highest BCUT2D eigenvalue weighted by molar-refractivity contribution is 5.13. The lowest BCUT2D eigenvalue weighted by Gasteiger charge is -2.22. The predicted octanol–water partition coefficient (Wildman–Crippen LogP) is 4.81. The first-order chi connectivity index (χ1) is 7.18. The van der Waals surface area contributed by atoms with Crippen LogP contribution in [0, 0.1) is 23.7 Å². The van der Waals surface area contributed by atoms with Gasteiger partial charge >= 0.3 is 0 Å². The van der Waals surface area contributed by atoms with Crippen LogP contribution >= 0.6 is 0 Å². The number of hydrogen-bond acceptors (Lipinski definition) is 0. The summed E-state index contributed by atoms with van der Waals surface area (Å²) < 4.78 is 0. The highest BCUT2D eigenvalue weighted by atomic mass is 14.3. The van der Waals surface area contributed by atoms with Crippen molar-refractivity contribution < 1.29 is 0 Å². The molecule has 86 valence electrons. The van der Waals surface area contributed by atoms with E-state index in [1.165, 1.54) is 38.5 Å². The van der Waals surface area contributed by atoms with E-state index in [1.54, 1.807) is 0 Å². The molecule has 4 atom stereocenters. The van der Waals surface area contributed by atoms with Gasteiger partial charge in [-0.3, -0.25) is 0 Å². The Morgan fingerprint density at radius 2 is 1.73 bits per heavy atom. The number of fused-ring (bicyclic) bond motifs is 1. The topological polar surface area (TPSA) is 0 Å². The van der Waals surface area contributed by atoms with Crippen LogP contribution in [0.25, 0.3) is 0 Å². The molecule has 2 aliphatic carbocycles. The third-order valence-electron chi connectivity index (χ3n) is 4.85. The van der Waals surface area contributed by atoms with Gasteiger partial charge in [0.15, 0.2) is 0 Å². The minimum Gasteiger partial charge on any atom is -0.0819 e. The molecule has 0 nitrogen and oxygen atoms in total. The molecule has 0 bridgehead atoms. The molecule has 0 aromatic heterocycles. The van der Waals surface area contributed by atoms with E-state index in [1.807, 2.05) is 5.57 Å². The molecule has 1 fully saturated rings. The first-order valence-electron chi connectivity index (χ1n) is 6.89. The fourth-order valence-electron chi connectivity index (χ4n) is 3.43. The maximum Gasteiger partial charge on any atom is -0.0177 e. The molecule has 0 spiro atoms. The summed E-state index contributed by atoms with van der Waals surface area (Å²) in [5, 5.41) is 0. The number of rotatable bonds is 0. The highest BCUT2D eigenvalue weighted by Gasteiger charge is 2.28. The summed E-state index contributed by atoms with van der Waals surface area (Å²) >= 11 is 0. The SMILES string of the molecule is CC1C=C2CCCCC(C)C2CCC1C. The van der Waals surface area contributed by atoms with E-state index >= 15 is 0 Å². The van der Waals surface area contributed by atoms with Gasteiger partial charge in [0.05, 0.1) is 0 Å². The van der Waals surface area contributed by atoms with Gasteiger partial charge in [0.2, 0.25) is 0 Å². The Morgan fingerprint density at radius 1 is 0.933 bits per heavy atom. The van der Waals surface area contributed by atoms with Gasteiger partial charge in [-0.25, -0.2) is 0 Å². The molecule has 0 aromatic carbocycles. The quantitative estimate of drug-likeness (QED) is 0.499. The summed E-state index contributed by atoms with van der Waals surface area (Å²) in [5.41, 5.74) is 1.82. The highest BCUT2D eigenvalue weighted by Crippen LogP contribution is 2.40. The molecule has 4 unspecified atom stereocenters. The van der Waals surface area contributed by atoms with Crippen LogP contribution < -0.4 is 0 Å². The summed E-state index contributed by atoms with van der Waals surface area (Å²) in [7, 11) is 0. The van der Waals surface area contributed by atoms with Crippen molar-refractivity contribution in [1.82, 2.24) is 0 Å². The third kappa shape index (κ3) is 2.46. The fraction of sp³-hybridized carbons (Fsp3) is 0.867. The third-order valence-corrected chi connectivity index (χ3v) is 4.85. The molecule has 0 radical (unpaired) electrons. The van der Waals surface area contributed by atoms with Gasteiger partial charge in [0, 0.05) is 0 Å². The van der Waals surface area contributed by atoms with Crippen LogP contribution in [0.5, 0.6) is 0 Å². The van der Waals surface area contributed by atoms with E-state index in [0.29, 0.717) is 0 Å². The second-order valence-electron chi connectivity index (χ2n) is 5.98. The van der Waals surface area contributed by atoms with Crippen LogP contribution in [-0.2, 0) is 0 Å². The molecular formula is C15H26. The normalized spacial score (nSPS) is 42.5. The van der Waals surface area contributed by atoms with Gasteiger partial charge in [-0.2, -0.15) is 0 Å². The van der Waals surface area contributed by atoms with Crippen molar-refractivity contribution in [3.63, 3.8) is 0 Å². The van der Waals surface area contributed by atoms with E-state index < -0.39 is 0 Å². The zero-order valence-electron chi connectivity index (χ0n) is 10.6. The van der Waals surface area contributed by atoms with E-state index in [2.05, 4.69) is 26.8 Å². The molecule has 2 rings (SSSR count). The summed E-state index contributed by atoms with van der Waals surface area (Å²) in [5.74, 6) is 3.59. The Bertz CT molecular complexity index is 238. The van der Waals surface area contributed by atoms with Crippen LogP contribution in [0.3, 0.4) is 0 Å². The van der Waals surface area contributed by atoms with Crippen LogP contribution in [0.15, 0.2) is 11.6 Å². The zero-order chi connectivity index (χ0) is 10.8. The summed E-state index contributed by atoms with van der Waals surface area (Å²) in [6.07, 6.45) is 11.3. The summed E-state index contributed by atoms with van der Waals surface area (Å²) in [6.45, 7) is 7.32. The smallest absolute Gasteiger partial charge is 0.0177 e. The molecule has 2 aliphatic rings. The Kier molecular flexibility index (Phi) is 3.53. The fourth-order valence-corrected chi connectivity index (χ4v) is 3.43. The lowest BCUT2D eigenvalue weighted by molar-refractivity contribution is 0.338. The van der Waals surface area contributed by atoms with Crippen molar-refractivity contribution in [2.45, 2.75) is 59.3 Å². The maximum absolute atomic E-state index is 2.63. The number of hydrogen-bond donors (Lipinski definition) is 0. The van der Waals surface area contributed by atoms with E-state index in [0.717, 1.165) is 23.7 Å². The predicted molar refractivity (Wildman–Crippen MR) is 66.8 cm³/mol. The minimum absolute atomic E-state index is 0.815. The molecule has 0 saturated heterocycles. The van der Waals surface area contributed by atoms with Gasteiger partial charge in [-0.15, -0.1) is 0 Å². The average molecular weight is 206 g/mol. The molecule has 15 heavy (non-hydrogen) atoms. The monoisotopic (exact) mass is 206 g/mol. The standard InChI is InChI=1S/C15H26/c1-11-8-9-15-12(2)6-4-5-7-14(15)10-13(11)3/h10-13,15H,4-9H2,1-3H3. The summed E-state index contributed by atoms with van der Waals surface area (Å²) in [4.78, 5) is 0. The average Bonchev–Trinajstić information content (AvgIpc) is 2.45. The molecule has 0 aliphatic heterocycles. The second kappa shape index (κ2) is 4.72. The largest absolute Gasteiger partial charge is 0.0819 e. The number of allylic oxidation sites excluding steroid dienone is 2. The first-order valence-corrected chi connectivity index (χ1v) is 6.89. The Hall–Kier alpha value is -0.260. The van der Waals surface area contributed by atoms with Gasteiger partial charge in [0.1, 0.15) is 0 Å². The van der Waals surface area contributed by atoms with E-state index in [9.17, 15) is 0 Å². The van der Waals surface area contributed by atoms with Crippen LogP contribution in [0.2, 0.25) is 0 Å². The zero-order valence-corrected chi connectivity index (χ0v) is 10.6. The van der Waals surface area contributed by atoms with Crippen LogP contribution in [0.1, 0.15) is 59.3 Å². The molecule has 0 N–H and O–H groups in total. The molecule has 0 heterocycles. The molecule has 0 amide bonds. The Balaban J connectivity index is 2.20. The summed E-state index contributed by atoms with van der Waals surface area (Å²) in [6, 6.07) is 0. The van der Waals surface area contributed by atoms with Gasteiger partial charge < -0.3 is 0 Å². The Labute approximate surface area is 95.1 Å². The van der Waals surface area contributed by atoms with Gasteiger partial charge in [-0.1, -0.05) is 45.3 Å². The Morgan fingerprint density at radius 3 is 2.53 bits per heavy atom. The lowest BCUT2D eigenvalue weighted by Crippen LogP contribution is -2.12. The van der Waals surface area contributed by atoms with E-state index in [-0.39, 0.29) is 0 Å². The van der Waals surface area contributed by atoms with Gasteiger partial charge in [-0.05, 0) is 49.4 Å². The van der Waals surface area contributed by atoms with Crippen molar-refractivity contribution in [1.29, 1.82) is 0 Å². The molecule has 1 saturated carbocycles.